The second-order valence-electron chi connectivity index (χ2n) is 30.0. The van der Waals surface area contributed by atoms with Gasteiger partial charge in [0.25, 0.3) is 0 Å². The zero-order valence-corrected chi connectivity index (χ0v) is 53.4. The Hall–Kier alpha value is -5.48. The Morgan fingerprint density at radius 2 is 0.744 bits per heavy atom. The molecule has 2 heterocycles. The van der Waals surface area contributed by atoms with E-state index in [1.54, 1.807) is 0 Å². The molecular weight excluding hydrogens is 1000 g/mol. The van der Waals surface area contributed by atoms with Gasteiger partial charge < -0.3 is 22.0 Å². The maximum absolute atomic E-state index is 14.2. The van der Waals surface area contributed by atoms with Crippen molar-refractivity contribution < 1.29 is 26.8 Å². The Morgan fingerprint density at radius 3 is 1.14 bits per heavy atom. The van der Waals surface area contributed by atoms with Gasteiger partial charge in [-0.2, -0.15) is 0 Å². The third-order valence-corrected chi connectivity index (χ3v) is 17.4. The summed E-state index contributed by atoms with van der Waals surface area (Å²) in [4.78, 5) is 14.2. The Bertz CT molecular complexity index is 3380. The van der Waals surface area contributed by atoms with Crippen LogP contribution in [-0.4, -0.2) is 5.97 Å². The van der Waals surface area contributed by atoms with E-state index in [0.29, 0.717) is 17.1 Å². The van der Waals surface area contributed by atoms with Crippen LogP contribution >= 0.6 is 16.8 Å². The molecule has 7 aromatic rings. The molecular formula is C69H89NO6P2. The summed E-state index contributed by atoms with van der Waals surface area (Å²) < 4.78 is 39.1. The van der Waals surface area contributed by atoms with E-state index in [1.165, 1.54) is 11.1 Å². The number of benzene rings is 6. The summed E-state index contributed by atoms with van der Waals surface area (Å²) in [5, 5.41) is 2.01. The minimum absolute atomic E-state index is 0.157. The number of hydrogen-bond donors (Lipinski definition) is 0. The summed E-state index contributed by atoms with van der Waals surface area (Å²) in [5.74, 6) is 0.835. The monoisotopic (exact) mass is 1090 g/mol. The van der Waals surface area contributed by atoms with Crippen molar-refractivity contribution >= 4 is 56.0 Å². The molecule has 0 bridgehead atoms. The van der Waals surface area contributed by atoms with Crippen LogP contribution in [0.25, 0.3) is 33.1 Å². The van der Waals surface area contributed by atoms with Crippen molar-refractivity contribution in [3.63, 3.8) is 0 Å². The second-order valence-corrected chi connectivity index (χ2v) is 32.2. The highest BCUT2D eigenvalue weighted by Gasteiger charge is 2.41. The smallest absolute Gasteiger partial charge is 0.421 e. The van der Waals surface area contributed by atoms with Gasteiger partial charge in [-0.25, -0.2) is 4.79 Å². The third-order valence-electron chi connectivity index (χ3n) is 15.0. The first-order valence-electron chi connectivity index (χ1n) is 27.9. The number of para-hydroxylation sites is 2. The van der Waals surface area contributed by atoms with Crippen LogP contribution < -0.4 is 13.7 Å². The molecule has 0 spiro atoms. The van der Waals surface area contributed by atoms with Crippen molar-refractivity contribution in [1.82, 2.24) is 0 Å². The van der Waals surface area contributed by atoms with Crippen LogP contribution in [0, 0.1) is 0 Å². The van der Waals surface area contributed by atoms with Gasteiger partial charge in [0.15, 0.2) is 0 Å². The van der Waals surface area contributed by atoms with Crippen molar-refractivity contribution in [3.05, 3.63) is 153 Å². The molecule has 1 atom stereocenters. The number of nitrogens with zero attached hydrogens (tertiary/aromatic N) is 1. The number of carbonyl (C=O) groups is 1. The Labute approximate surface area is 470 Å². The van der Waals surface area contributed by atoms with Crippen molar-refractivity contribution in [2.75, 3.05) is 4.67 Å². The summed E-state index contributed by atoms with van der Waals surface area (Å²) in [6.45, 7) is 54.2. The lowest BCUT2D eigenvalue weighted by Gasteiger charge is -2.37. The number of fused-ring (bicyclic) bond motifs is 4. The Morgan fingerprint density at radius 1 is 0.385 bits per heavy atom. The van der Waals surface area contributed by atoms with Crippen LogP contribution in [0.1, 0.15) is 221 Å². The van der Waals surface area contributed by atoms with E-state index in [2.05, 4.69) is 215 Å². The van der Waals surface area contributed by atoms with Crippen LogP contribution in [0.2, 0.25) is 0 Å². The molecule has 0 saturated carbocycles. The maximum atomic E-state index is 14.2. The molecule has 0 fully saturated rings. The Balaban J connectivity index is 1.56. The zero-order chi connectivity index (χ0) is 57.8. The molecule has 416 valence electrons. The highest BCUT2D eigenvalue weighted by molar-refractivity contribution is 7.51. The number of anilines is 2. The standard InChI is InChI=1S/C69H89NO6P2/c1-62(2,3)42-34-48(57(52(38-42)66(13,14)15)72-77-70(46-30-26-25-27-31-46)56-33-29-28-32-47(56)61(71)76-77)49-35-43(63(4,5)6)39-53(67(16,17)18)58(49)73-78-74-59-50(36-44(64(7,8)9)40-54(59)68(19,20)21)51-37-45(65(10,11)12)41-55(60(51)75-78)69(22,23)24/h25-41H,1-24H3. The van der Waals surface area contributed by atoms with Crippen LogP contribution in [0.4, 0.5) is 11.4 Å². The van der Waals surface area contributed by atoms with E-state index in [9.17, 15) is 4.79 Å². The van der Waals surface area contributed by atoms with Gasteiger partial charge in [0.1, 0.15) is 22.7 Å². The van der Waals surface area contributed by atoms with Crippen LogP contribution in [0.3, 0.4) is 0 Å². The van der Waals surface area contributed by atoms with E-state index in [0.717, 1.165) is 77.8 Å². The molecule has 8 rings (SSSR count). The molecule has 1 aliphatic rings. The second kappa shape index (κ2) is 20.0. The van der Waals surface area contributed by atoms with Crippen LogP contribution in [0.5, 0.6) is 11.5 Å². The van der Waals surface area contributed by atoms with Crippen molar-refractivity contribution in [2.24, 2.45) is 0 Å². The lowest BCUT2D eigenvalue weighted by atomic mass is 9.75. The van der Waals surface area contributed by atoms with Gasteiger partial charge in [-0.05, 0) is 114 Å². The van der Waals surface area contributed by atoms with Gasteiger partial charge in [0, 0.05) is 44.2 Å². The average Bonchev–Trinajstić information content (AvgIpc) is 3.45. The largest absolute Gasteiger partial charge is 0.453 e. The van der Waals surface area contributed by atoms with Gasteiger partial charge >= 0.3 is 22.7 Å². The minimum Gasteiger partial charge on any atom is -0.421 e. The van der Waals surface area contributed by atoms with Crippen molar-refractivity contribution in [3.8, 4) is 22.6 Å². The van der Waals surface area contributed by atoms with Gasteiger partial charge in [0.2, 0.25) is 0 Å². The zero-order valence-electron chi connectivity index (χ0n) is 51.6. The molecule has 78 heavy (non-hydrogen) atoms. The third kappa shape index (κ3) is 11.9. The van der Waals surface area contributed by atoms with Gasteiger partial charge in [-0.15, -0.1) is 0 Å². The van der Waals surface area contributed by atoms with E-state index >= 15 is 0 Å². The average molecular weight is 1090 g/mol. The Kier molecular flexibility index (Phi) is 15.0. The lowest BCUT2D eigenvalue weighted by Crippen LogP contribution is -2.26. The summed E-state index contributed by atoms with van der Waals surface area (Å²) in [7, 11) is -4.36. The van der Waals surface area contributed by atoms with E-state index in [-0.39, 0.29) is 32.5 Å². The SMILES string of the molecule is CC(C)(C)c1cc(-c2cc(C(C)(C)C)cc(C(C)(C)C)c2Op2oc3c(C(C)(C)C)cc(C(C)(C)C)cc3c3cc(C(C)(C)C)cc(C(C)(C)C)c3o2)c(OP2OC(=O)c3ccccc3N2c2ccccc2)c(C(C)(C)C)c1. The van der Waals surface area contributed by atoms with Gasteiger partial charge in [0.05, 0.1) is 16.9 Å². The predicted molar refractivity (Wildman–Crippen MR) is 332 cm³/mol. The topological polar surface area (TPSA) is 74.3 Å². The number of hydrogen-bond acceptors (Lipinski definition) is 7. The molecule has 0 aliphatic carbocycles. The molecule has 0 saturated heterocycles. The summed E-state index contributed by atoms with van der Waals surface area (Å²) in [6.07, 6.45) is 0. The fraction of sp³-hybridized carbons (Fsp3) is 0.464. The highest BCUT2D eigenvalue weighted by Crippen LogP contribution is 2.60. The summed E-state index contributed by atoms with van der Waals surface area (Å²) in [6, 6.07) is 36.2. The quantitative estimate of drug-likeness (QED) is 0.154. The first-order valence-corrected chi connectivity index (χ1v) is 30.1. The van der Waals surface area contributed by atoms with E-state index < -0.39 is 33.6 Å². The van der Waals surface area contributed by atoms with Crippen LogP contribution in [-0.2, 0) is 47.8 Å². The highest BCUT2D eigenvalue weighted by atomic mass is 31.2. The molecule has 1 aliphatic heterocycles. The predicted octanol–water partition coefficient (Wildman–Crippen LogP) is 21.8. The normalized spacial score (nSPS) is 15.2. The van der Waals surface area contributed by atoms with Crippen molar-refractivity contribution in [1.29, 1.82) is 0 Å². The molecule has 6 aromatic carbocycles. The lowest BCUT2D eigenvalue weighted by molar-refractivity contribution is 0.0735. The van der Waals surface area contributed by atoms with Crippen LogP contribution in [0.15, 0.2) is 112 Å². The first-order chi connectivity index (χ1) is 35.6. The molecule has 1 unspecified atom stereocenters. The van der Waals surface area contributed by atoms with E-state index in [1.807, 2.05) is 59.3 Å². The molecule has 0 amide bonds. The molecule has 1 aromatic heterocycles. The van der Waals surface area contributed by atoms with Crippen molar-refractivity contribution in [2.45, 2.75) is 209 Å². The van der Waals surface area contributed by atoms with E-state index in [4.69, 9.17) is 22.0 Å². The number of rotatable bonds is 6. The minimum atomic E-state index is -2.23. The first kappa shape index (κ1) is 58.7. The summed E-state index contributed by atoms with van der Waals surface area (Å²) >= 11 is 0. The number of carbonyl (C=O) groups excluding carboxylic acids is 1. The molecule has 0 radical (unpaired) electrons. The molecule has 7 nitrogen and oxygen atoms in total. The maximum Gasteiger partial charge on any atom is 0.453 e. The molecule has 9 heteroatoms. The fourth-order valence-electron chi connectivity index (χ4n) is 9.97. The van der Waals surface area contributed by atoms with Gasteiger partial charge in [-0.1, -0.05) is 221 Å². The molecule has 0 N–H and O–H groups in total. The summed E-state index contributed by atoms with van der Waals surface area (Å²) in [5.41, 5.74) is 11.7. The fourth-order valence-corrected chi connectivity index (χ4v) is 12.6. The van der Waals surface area contributed by atoms with Gasteiger partial charge in [-0.3, -0.25) is 4.67 Å².